The minimum absolute atomic E-state index is 0.0735. The molecule has 0 aliphatic carbocycles. The van der Waals surface area contributed by atoms with Crippen LogP contribution < -0.4 is 0 Å². The Labute approximate surface area is 82.9 Å². The Bertz CT molecular complexity index is 433. The van der Waals surface area contributed by atoms with Crippen molar-refractivity contribution >= 4 is 6.29 Å². The van der Waals surface area contributed by atoms with E-state index in [1.54, 1.807) is 6.92 Å². The quantitative estimate of drug-likeness (QED) is 0.541. The zero-order valence-electron chi connectivity index (χ0n) is 7.87. The molecule has 1 aromatic rings. The van der Waals surface area contributed by atoms with E-state index in [2.05, 4.69) is 18.4 Å². The predicted octanol–water partition coefficient (Wildman–Crippen LogP) is 2.13. The summed E-state index contributed by atoms with van der Waals surface area (Å²) < 4.78 is 0. The minimum Gasteiger partial charge on any atom is -0.507 e. The van der Waals surface area contributed by atoms with E-state index in [9.17, 15) is 9.90 Å². The lowest BCUT2D eigenvalue weighted by Gasteiger charge is -1.96. The molecule has 0 unspecified atom stereocenters. The highest BCUT2D eigenvalue weighted by atomic mass is 16.3. The van der Waals surface area contributed by atoms with Crippen LogP contribution in [-0.4, -0.2) is 11.4 Å². The standard InChI is InChI=1S/C12H10O2/c1-9(2)3-5-11-7-10(8-13)4-6-12(11)14/h4,6-8,14H,1H2,2H3/i1+2. The van der Waals surface area contributed by atoms with E-state index in [0.717, 1.165) is 0 Å². The SMILES string of the molecule is CC(=[14CH2])C#Cc1cc(C=O)ccc1O. The van der Waals surface area contributed by atoms with Crippen LogP contribution in [0.15, 0.2) is 30.4 Å². The largest absolute Gasteiger partial charge is 0.507 e. The Morgan fingerprint density at radius 1 is 1.57 bits per heavy atom. The van der Waals surface area contributed by atoms with Crippen LogP contribution in [0.1, 0.15) is 22.8 Å². The van der Waals surface area contributed by atoms with Crippen LogP contribution in [0.2, 0.25) is 0 Å². The van der Waals surface area contributed by atoms with E-state index < -0.39 is 0 Å². The van der Waals surface area contributed by atoms with Gasteiger partial charge in [-0.25, -0.2) is 0 Å². The first-order valence-electron chi connectivity index (χ1n) is 4.09. The summed E-state index contributed by atoms with van der Waals surface area (Å²) in [5.74, 6) is 5.54. The molecule has 1 N–H and O–H groups in total. The lowest BCUT2D eigenvalue weighted by molar-refractivity contribution is 0.112. The summed E-state index contributed by atoms with van der Waals surface area (Å²) in [7, 11) is 0. The molecule has 0 fully saturated rings. The molecule has 0 heterocycles. The Morgan fingerprint density at radius 3 is 2.86 bits per heavy atom. The molecule has 0 spiro atoms. The number of aromatic hydroxyl groups is 1. The number of rotatable bonds is 1. The molecule has 0 amide bonds. The van der Waals surface area contributed by atoms with E-state index in [4.69, 9.17) is 0 Å². The maximum Gasteiger partial charge on any atom is 0.150 e. The van der Waals surface area contributed by atoms with Gasteiger partial charge in [-0.05, 0) is 30.7 Å². The number of carbonyl (C=O) groups is 1. The summed E-state index contributed by atoms with van der Waals surface area (Å²) in [6.45, 7) is 5.39. The van der Waals surface area contributed by atoms with Crippen LogP contribution in [0, 0.1) is 11.8 Å². The molecule has 0 saturated heterocycles. The highest BCUT2D eigenvalue weighted by Crippen LogP contribution is 2.16. The van der Waals surface area contributed by atoms with Crippen molar-refractivity contribution in [2.24, 2.45) is 0 Å². The molecule has 70 valence electrons. The molecule has 0 saturated carbocycles. The molecule has 0 bridgehead atoms. The Kier molecular flexibility index (Phi) is 3.09. The lowest BCUT2D eigenvalue weighted by atomic mass is 10.1. The first kappa shape index (κ1) is 10.1. The van der Waals surface area contributed by atoms with Gasteiger partial charge in [-0.2, -0.15) is 0 Å². The normalized spacial score (nSPS) is 8.64. The summed E-state index contributed by atoms with van der Waals surface area (Å²) >= 11 is 0. The Balaban J connectivity index is 3.14. The summed E-state index contributed by atoms with van der Waals surface area (Å²) in [6, 6.07) is 4.53. The van der Waals surface area contributed by atoms with Gasteiger partial charge in [0.2, 0.25) is 0 Å². The third-order valence-electron chi connectivity index (χ3n) is 1.57. The molecule has 0 aliphatic rings. The number of phenols is 1. The zero-order chi connectivity index (χ0) is 10.6. The van der Waals surface area contributed by atoms with Crippen molar-refractivity contribution in [1.82, 2.24) is 0 Å². The van der Waals surface area contributed by atoms with Crippen molar-refractivity contribution in [1.29, 1.82) is 0 Å². The van der Waals surface area contributed by atoms with E-state index in [1.165, 1.54) is 18.2 Å². The number of aldehydes is 1. The highest BCUT2D eigenvalue weighted by Gasteiger charge is 1.98. The number of hydrogen-bond acceptors (Lipinski definition) is 2. The van der Waals surface area contributed by atoms with Crippen molar-refractivity contribution in [3.8, 4) is 17.6 Å². The molecule has 0 radical (unpaired) electrons. The van der Waals surface area contributed by atoms with Crippen molar-refractivity contribution in [2.45, 2.75) is 6.92 Å². The average molecular weight is 188 g/mol. The maximum atomic E-state index is 10.5. The summed E-state index contributed by atoms with van der Waals surface area (Å²) in [5.41, 5.74) is 1.65. The van der Waals surface area contributed by atoms with Gasteiger partial charge in [0.15, 0.2) is 0 Å². The molecule has 1 aromatic carbocycles. The second-order valence-electron chi connectivity index (χ2n) is 2.92. The summed E-state index contributed by atoms with van der Waals surface area (Å²) in [6.07, 6.45) is 0.714. The van der Waals surface area contributed by atoms with Crippen LogP contribution in [0.25, 0.3) is 0 Å². The highest BCUT2D eigenvalue weighted by molar-refractivity contribution is 5.76. The van der Waals surface area contributed by atoms with Gasteiger partial charge in [0.1, 0.15) is 12.0 Å². The fourth-order valence-electron chi connectivity index (χ4n) is 0.901. The molecular weight excluding hydrogens is 178 g/mol. The topological polar surface area (TPSA) is 37.3 Å². The zero-order valence-corrected chi connectivity index (χ0v) is 7.87. The van der Waals surface area contributed by atoms with Gasteiger partial charge in [-0.3, -0.25) is 4.79 Å². The van der Waals surface area contributed by atoms with Gasteiger partial charge in [-0.15, -0.1) is 0 Å². The minimum atomic E-state index is 0.0735. The van der Waals surface area contributed by atoms with Crippen molar-refractivity contribution < 1.29 is 9.90 Å². The second-order valence-corrected chi connectivity index (χ2v) is 2.92. The second kappa shape index (κ2) is 4.29. The molecule has 0 atom stereocenters. The smallest absolute Gasteiger partial charge is 0.150 e. The summed E-state index contributed by atoms with van der Waals surface area (Å²) in [5, 5.41) is 9.40. The molecular formula is C12H10O2. The van der Waals surface area contributed by atoms with E-state index in [-0.39, 0.29) is 5.75 Å². The third-order valence-corrected chi connectivity index (χ3v) is 1.57. The van der Waals surface area contributed by atoms with Crippen molar-refractivity contribution in [3.63, 3.8) is 0 Å². The van der Waals surface area contributed by atoms with Gasteiger partial charge < -0.3 is 5.11 Å². The number of carbonyl (C=O) groups excluding carboxylic acids is 1. The fraction of sp³-hybridized carbons (Fsp3) is 0.0833. The molecule has 1 rings (SSSR count). The Hall–Kier alpha value is -2.01. The van der Waals surface area contributed by atoms with Crippen LogP contribution in [0.3, 0.4) is 0 Å². The number of benzene rings is 1. The van der Waals surface area contributed by atoms with E-state index >= 15 is 0 Å². The monoisotopic (exact) mass is 188 g/mol. The van der Waals surface area contributed by atoms with Crippen LogP contribution in [0.5, 0.6) is 5.75 Å². The van der Waals surface area contributed by atoms with Crippen molar-refractivity contribution in [2.75, 3.05) is 0 Å². The van der Waals surface area contributed by atoms with Crippen molar-refractivity contribution in [3.05, 3.63) is 41.5 Å². The first-order chi connectivity index (χ1) is 6.63. The molecule has 0 aromatic heterocycles. The number of hydrogen-bond donors (Lipinski definition) is 1. The van der Waals surface area contributed by atoms with Gasteiger partial charge in [0, 0.05) is 5.56 Å². The molecule has 0 aliphatic heterocycles. The van der Waals surface area contributed by atoms with E-state index in [1.807, 2.05) is 0 Å². The molecule has 2 heteroatoms. The lowest BCUT2D eigenvalue weighted by Crippen LogP contribution is -1.83. The van der Waals surface area contributed by atoms with Gasteiger partial charge >= 0.3 is 0 Å². The Morgan fingerprint density at radius 2 is 2.29 bits per heavy atom. The van der Waals surface area contributed by atoms with Crippen LogP contribution in [0.4, 0.5) is 0 Å². The predicted molar refractivity (Wildman–Crippen MR) is 55.2 cm³/mol. The van der Waals surface area contributed by atoms with Gasteiger partial charge in [-0.1, -0.05) is 18.4 Å². The number of phenolic OH excluding ortho intramolecular Hbond substituents is 1. The fourth-order valence-corrected chi connectivity index (χ4v) is 0.901. The first-order valence-corrected chi connectivity index (χ1v) is 4.09. The number of allylic oxidation sites excluding steroid dienone is 1. The third kappa shape index (κ3) is 2.49. The maximum absolute atomic E-state index is 10.5. The summed E-state index contributed by atoms with van der Waals surface area (Å²) in [4.78, 5) is 10.5. The van der Waals surface area contributed by atoms with Gasteiger partial charge in [0.25, 0.3) is 0 Å². The average Bonchev–Trinajstić information content (AvgIpc) is 2.16. The molecule has 2 nitrogen and oxygen atoms in total. The molecule has 14 heavy (non-hydrogen) atoms. The van der Waals surface area contributed by atoms with E-state index in [0.29, 0.717) is 23.0 Å². The van der Waals surface area contributed by atoms with Crippen LogP contribution >= 0.6 is 0 Å². The van der Waals surface area contributed by atoms with Crippen LogP contribution in [-0.2, 0) is 0 Å². The van der Waals surface area contributed by atoms with Gasteiger partial charge in [0.05, 0.1) is 5.56 Å².